The second kappa shape index (κ2) is 13.6. The van der Waals surface area contributed by atoms with Gasteiger partial charge in [-0.05, 0) is 18.8 Å². The molecule has 0 aromatic carbocycles. The summed E-state index contributed by atoms with van der Waals surface area (Å²) < 4.78 is 0. The Bertz CT molecular complexity index is 685. The molecule has 0 rings (SSSR count). The molecule has 32 heavy (non-hydrogen) atoms. The summed E-state index contributed by atoms with van der Waals surface area (Å²) in [6.07, 6.45) is -1.18. The van der Waals surface area contributed by atoms with Crippen LogP contribution in [0.1, 0.15) is 53.9 Å². The Labute approximate surface area is 187 Å². The Morgan fingerprint density at radius 3 is 1.69 bits per heavy atom. The molecule has 0 aromatic heterocycles. The molecule has 12 heteroatoms. The quantitative estimate of drug-likeness (QED) is 0.166. The van der Waals surface area contributed by atoms with Gasteiger partial charge in [0.25, 0.3) is 0 Å². The van der Waals surface area contributed by atoms with Gasteiger partial charge in [-0.1, -0.05) is 40.5 Å². The van der Waals surface area contributed by atoms with Crippen LogP contribution >= 0.6 is 0 Å². The molecule has 0 radical (unpaired) electrons. The maximum atomic E-state index is 12.9. The zero-order valence-electron chi connectivity index (χ0n) is 19.1. The summed E-state index contributed by atoms with van der Waals surface area (Å²) in [7, 11) is 0. The average Bonchev–Trinajstić information content (AvgIpc) is 2.72. The minimum absolute atomic E-state index is 0.144. The molecule has 0 aromatic rings. The summed E-state index contributed by atoms with van der Waals surface area (Å²) in [6, 6.07) is -5.29. The molecule has 0 fully saturated rings. The monoisotopic (exact) mass is 460 g/mol. The maximum absolute atomic E-state index is 12.9. The van der Waals surface area contributed by atoms with Crippen molar-refractivity contribution in [1.29, 1.82) is 0 Å². The lowest BCUT2D eigenvalue weighted by Gasteiger charge is -2.28. The van der Waals surface area contributed by atoms with E-state index in [4.69, 9.17) is 15.9 Å². The number of carboxylic acid groups (broad SMARTS) is 2. The second-order valence-electron chi connectivity index (χ2n) is 8.01. The van der Waals surface area contributed by atoms with Gasteiger partial charge in [-0.2, -0.15) is 0 Å². The number of aliphatic carboxylic acids is 2. The Morgan fingerprint density at radius 1 is 0.781 bits per heavy atom. The van der Waals surface area contributed by atoms with E-state index in [2.05, 4.69) is 10.6 Å². The molecule has 8 N–H and O–H groups in total. The number of aliphatic hydroxyl groups excluding tert-OH is 1. The van der Waals surface area contributed by atoms with Crippen LogP contribution in [-0.4, -0.2) is 75.3 Å². The second-order valence-corrected chi connectivity index (χ2v) is 8.01. The molecule has 0 saturated carbocycles. The molecule has 0 aliphatic heterocycles. The number of carbonyl (C=O) groups is 5. The highest BCUT2D eigenvalue weighted by Gasteiger charge is 2.34. The molecule has 7 atom stereocenters. The Balaban J connectivity index is 5.61. The van der Waals surface area contributed by atoms with Crippen LogP contribution in [0.15, 0.2) is 0 Å². The van der Waals surface area contributed by atoms with Gasteiger partial charge in [0.05, 0.1) is 18.6 Å². The lowest BCUT2D eigenvalue weighted by Crippen LogP contribution is -2.60. The molecule has 184 valence electrons. The summed E-state index contributed by atoms with van der Waals surface area (Å²) in [6.45, 7) is 8.27. The number of nitrogens with one attached hydrogen (secondary N) is 3. The van der Waals surface area contributed by atoms with E-state index in [0.717, 1.165) is 6.92 Å². The van der Waals surface area contributed by atoms with Crippen LogP contribution < -0.4 is 21.7 Å². The van der Waals surface area contributed by atoms with Crippen molar-refractivity contribution in [2.45, 2.75) is 84.2 Å². The molecule has 3 amide bonds. The predicted molar refractivity (Wildman–Crippen MR) is 114 cm³/mol. The molecular weight excluding hydrogens is 424 g/mol. The third-order valence-corrected chi connectivity index (χ3v) is 5.41. The van der Waals surface area contributed by atoms with Crippen molar-refractivity contribution in [3.05, 3.63) is 0 Å². The molecule has 0 aliphatic carbocycles. The van der Waals surface area contributed by atoms with Gasteiger partial charge in [-0.25, -0.2) is 4.79 Å². The van der Waals surface area contributed by atoms with Crippen LogP contribution in [0.25, 0.3) is 0 Å². The van der Waals surface area contributed by atoms with Crippen LogP contribution in [0.4, 0.5) is 0 Å². The van der Waals surface area contributed by atoms with E-state index in [9.17, 15) is 29.1 Å². The highest BCUT2D eigenvalue weighted by Crippen LogP contribution is 2.11. The predicted octanol–water partition coefficient (Wildman–Crippen LogP) is -1.20. The van der Waals surface area contributed by atoms with Gasteiger partial charge in [-0.3, -0.25) is 19.2 Å². The molecule has 0 saturated heterocycles. The van der Waals surface area contributed by atoms with E-state index in [1.807, 2.05) is 12.2 Å². The summed E-state index contributed by atoms with van der Waals surface area (Å²) >= 11 is 0. The summed E-state index contributed by atoms with van der Waals surface area (Å²) in [4.78, 5) is 60.3. The van der Waals surface area contributed by atoms with E-state index in [1.54, 1.807) is 20.8 Å². The summed E-state index contributed by atoms with van der Waals surface area (Å²) in [5, 5.41) is 34.6. The zero-order chi connectivity index (χ0) is 25.2. The standard InChI is InChI=1S/C20H36N4O8/c1-6-9(3)14(21)18(29)23-15(10(4)7-2)19(30)22-12(8-13(26)27)17(28)24-16(11(5)25)20(31)32/h9-12,14-16,25H,6-8,21H2,1-5H3,(H,22,30)(H,23,29)(H,24,28)(H,26,27)(H,31,32). The van der Waals surface area contributed by atoms with Gasteiger partial charge in [0.2, 0.25) is 17.7 Å². The van der Waals surface area contributed by atoms with Crippen molar-refractivity contribution in [3.63, 3.8) is 0 Å². The fourth-order valence-electron chi connectivity index (χ4n) is 2.75. The van der Waals surface area contributed by atoms with Crippen LogP contribution in [0.5, 0.6) is 0 Å². The Hall–Kier alpha value is -2.73. The van der Waals surface area contributed by atoms with Crippen molar-refractivity contribution in [1.82, 2.24) is 16.0 Å². The molecule has 7 unspecified atom stereocenters. The van der Waals surface area contributed by atoms with Crippen molar-refractivity contribution in [2.24, 2.45) is 17.6 Å². The Morgan fingerprint density at radius 2 is 1.28 bits per heavy atom. The first kappa shape index (κ1) is 29.3. The zero-order valence-corrected chi connectivity index (χ0v) is 19.1. The number of hydrogen-bond donors (Lipinski definition) is 7. The highest BCUT2D eigenvalue weighted by atomic mass is 16.4. The van der Waals surface area contributed by atoms with Gasteiger partial charge in [0.1, 0.15) is 12.1 Å². The van der Waals surface area contributed by atoms with Crippen LogP contribution in [0, 0.1) is 11.8 Å². The third-order valence-electron chi connectivity index (χ3n) is 5.41. The van der Waals surface area contributed by atoms with Crippen LogP contribution in [0.2, 0.25) is 0 Å². The lowest BCUT2D eigenvalue weighted by atomic mass is 9.95. The topological polar surface area (TPSA) is 208 Å². The first-order chi connectivity index (χ1) is 14.8. The first-order valence-corrected chi connectivity index (χ1v) is 10.6. The molecule has 12 nitrogen and oxygen atoms in total. The van der Waals surface area contributed by atoms with Crippen LogP contribution in [-0.2, 0) is 24.0 Å². The summed E-state index contributed by atoms with van der Waals surface area (Å²) in [5.74, 6) is -5.93. The van der Waals surface area contributed by atoms with E-state index in [0.29, 0.717) is 12.8 Å². The highest BCUT2D eigenvalue weighted by molar-refractivity contribution is 5.95. The molecule has 0 aliphatic rings. The van der Waals surface area contributed by atoms with Gasteiger partial charge in [0.15, 0.2) is 6.04 Å². The number of nitrogens with two attached hydrogens (primary N) is 1. The van der Waals surface area contributed by atoms with E-state index >= 15 is 0 Å². The third kappa shape index (κ3) is 9.18. The normalized spacial score (nSPS) is 17.6. The summed E-state index contributed by atoms with van der Waals surface area (Å²) in [5.41, 5.74) is 5.92. The fourth-order valence-corrected chi connectivity index (χ4v) is 2.75. The first-order valence-electron chi connectivity index (χ1n) is 10.6. The van der Waals surface area contributed by atoms with Crippen molar-refractivity contribution >= 4 is 29.7 Å². The number of carboxylic acids is 2. The van der Waals surface area contributed by atoms with Crippen molar-refractivity contribution in [3.8, 4) is 0 Å². The Kier molecular flexibility index (Phi) is 12.5. The molecule has 0 bridgehead atoms. The van der Waals surface area contributed by atoms with Crippen molar-refractivity contribution in [2.75, 3.05) is 0 Å². The lowest BCUT2D eigenvalue weighted by molar-refractivity contribution is -0.146. The molecule has 0 spiro atoms. The van der Waals surface area contributed by atoms with E-state index in [-0.39, 0.29) is 11.8 Å². The molecule has 0 heterocycles. The number of carbonyl (C=O) groups excluding carboxylic acids is 3. The van der Waals surface area contributed by atoms with E-state index < -0.39 is 66.4 Å². The SMILES string of the molecule is CCC(C)C(N)C(=O)NC(C(=O)NC(CC(=O)O)C(=O)NC(C(=O)O)C(C)O)C(C)CC. The number of aliphatic hydroxyl groups is 1. The molecular formula is C20H36N4O8. The van der Waals surface area contributed by atoms with Crippen molar-refractivity contribution < 1.29 is 39.3 Å². The van der Waals surface area contributed by atoms with Gasteiger partial charge in [-0.15, -0.1) is 0 Å². The minimum atomic E-state index is -1.70. The average molecular weight is 461 g/mol. The van der Waals surface area contributed by atoms with Gasteiger partial charge < -0.3 is 37.0 Å². The number of rotatable bonds is 14. The smallest absolute Gasteiger partial charge is 0.328 e. The fraction of sp³-hybridized carbons (Fsp3) is 0.750. The maximum Gasteiger partial charge on any atom is 0.328 e. The van der Waals surface area contributed by atoms with Gasteiger partial charge >= 0.3 is 11.9 Å². The number of amides is 3. The largest absolute Gasteiger partial charge is 0.481 e. The minimum Gasteiger partial charge on any atom is -0.481 e. The number of hydrogen-bond acceptors (Lipinski definition) is 7. The van der Waals surface area contributed by atoms with E-state index in [1.165, 1.54) is 0 Å². The van der Waals surface area contributed by atoms with Gasteiger partial charge in [0, 0.05) is 0 Å². The van der Waals surface area contributed by atoms with Crippen LogP contribution in [0.3, 0.4) is 0 Å².